The maximum Gasteiger partial charge on any atom is 0.287 e. The van der Waals surface area contributed by atoms with Gasteiger partial charge in [-0.1, -0.05) is 18.2 Å². The second kappa shape index (κ2) is 7.33. The molecule has 1 saturated heterocycles. The Bertz CT molecular complexity index is 888. The molecule has 0 radical (unpaired) electrons. The first-order valence-corrected chi connectivity index (χ1v) is 9.26. The average molecular weight is 351 g/mol. The van der Waals surface area contributed by atoms with Crippen LogP contribution in [0, 0.1) is 0 Å². The first kappa shape index (κ1) is 16.8. The number of nitrogens with one attached hydrogen (secondary N) is 2. The van der Waals surface area contributed by atoms with E-state index in [4.69, 9.17) is 0 Å². The SMILES string of the molecule is Cn1ccnc1C(=O)NC1CCN(CCc2c[nH]c3ccccc23)CC1. The van der Waals surface area contributed by atoms with Gasteiger partial charge < -0.3 is 19.8 Å². The van der Waals surface area contributed by atoms with Gasteiger partial charge in [0.05, 0.1) is 0 Å². The van der Waals surface area contributed by atoms with Crippen molar-refractivity contribution in [2.75, 3.05) is 19.6 Å². The van der Waals surface area contributed by atoms with Gasteiger partial charge in [0.25, 0.3) is 5.91 Å². The smallest absolute Gasteiger partial charge is 0.287 e. The minimum absolute atomic E-state index is 0.0743. The minimum Gasteiger partial charge on any atom is -0.361 e. The number of carbonyl (C=O) groups excluding carboxylic acids is 1. The molecule has 1 amide bonds. The molecule has 1 aromatic carbocycles. The predicted octanol–water partition coefficient (Wildman–Crippen LogP) is 2.34. The van der Waals surface area contributed by atoms with Crippen molar-refractivity contribution in [3.8, 4) is 0 Å². The molecule has 2 N–H and O–H groups in total. The van der Waals surface area contributed by atoms with Crippen LogP contribution in [0.3, 0.4) is 0 Å². The van der Waals surface area contributed by atoms with Crippen LogP contribution >= 0.6 is 0 Å². The van der Waals surface area contributed by atoms with Gasteiger partial charge in [-0.25, -0.2) is 4.98 Å². The molecule has 0 atom stereocenters. The number of aryl methyl sites for hydroxylation is 1. The van der Waals surface area contributed by atoms with Crippen molar-refractivity contribution >= 4 is 16.8 Å². The molecule has 3 heterocycles. The van der Waals surface area contributed by atoms with Crippen LogP contribution in [0.4, 0.5) is 0 Å². The fourth-order valence-corrected chi connectivity index (χ4v) is 3.75. The molecule has 26 heavy (non-hydrogen) atoms. The fraction of sp³-hybridized carbons (Fsp3) is 0.400. The third-order valence-corrected chi connectivity index (χ3v) is 5.32. The highest BCUT2D eigenvalue weighted by atomic mass is 16.2. The maximum atomic E-state index is 12.3. The molecule has 1 fully saturated rings. The number of para-hydroxylation sites is 1. The lowest BCUT2D eigenvalue weighted by molar-refractivity contribution is 0.0898. The number of H-pyrrole nitrogens is 1. The van der Waals surface area contributed by atoms with Crippen LogP contribution in [-0.2, 0) is 13.5 Å². The van der Waals surface area contributed by atoms with E-state index in [1.165, 1.54) is 16.5 Å². The molecule has 6 nitrogen and oxygen atoms in total. The molecule has 1 aliphatic heterocycles. The molecule has 0 bridgehead atoms. The number of benzene rings is 1. The Kier molecular flexibility index (Phi) is 4.75. The third-order valence-electron chi connectivity index (χ3n) is 5.32. The summed E-state index contributed by atoms with van der Waals surface area (Å²) >= 11 is 0. The number of nitrogens with zero attached hydrogens (tertiary/aromatic N) is 3. The standard InChI is InChI=1S/C20H25N5O/c1-24-13-9-21-19(24)20(26)23-16-7-11-25(12-8-16)10-6-15-14-22-18-5-3-2-4-17(15)18/h2-5,9,13-14,16,22H,6-8,10-12H2,1H3,(H,23,26). The van der Waals surface area contributed by atoms with E-state index in [1.807, 2.05) is 7.05 Å². The number of fused-ring (bicyclic) bond motifs is 1. The highest BCUT2D eigenvalue weighted by molar-refractivity contribution is 5.90. The molecule has 0 aliphatic carbocycles. The lowest BCUT2D eigenvalue weighted by Gasteiger charge is -2.32. The van der Waals surface area contributed by atoms with Crippen LogP contribution in [0.25, 0.3) is 10.9 Å². The number of aromatic amines is 1. The Morgan fingerprint density at radius 2 is 2.12 bits per heavy atom. The predicted molar refractivity (Wildman–Crippen MR) is 102 cm³/mol. The number of imidazole rings is 1. The van der Waals surface area contributed by atoms with Gasteiger partial charge in [0.2, 0.25) is 0 Å². The second-order valence-electron chi connectivity index (χ2n) is 7.06. The van der Waals surface area contributed by atoms with E-state index in [1.54, 1.807) is 17.0 Å². The van der Waals surface area contributed by atoms with Crippen LogP contribution < -0.4 is 5.32 Å². The van der Waals surface area contributed by atoms with Gasteiger partial charge in [0, 0.05) is 62.2 Å². The number of aromatic nitrogens is 3. The Labute approximate surface area is 153 Å². The van der Waals surface area contributed by atoms with Gasteiger partial charge in [0.1, 0.15) is 0 Å². The number of carbonyl (C=O) groups is 1. The van der Waals surface area contributed by atoms with Crippen molar-refractivity contribution in [2.45, 2.75) is 25.3 Å². The average Bonchev–Trinajstić information content (AvgIpc) is 3.27. The van der Waals surface area contributed by atoms with Crippen LogP contribution in [0.1, 0.15) is 29.0 Å². The quantitative estimate of drug-likeness (QED) is 0.741. The molecular weight excluding hydrogens is 326 g/mol. The highest BCUT2D eigenvalue weighted by Crippen LogP contribution is 2.19. The van der Waals surface area contributed by atoms with E-state index in [9.17, 15) is 4.79 Å². The third kappa shape index (κ3) is 3.51. The van der Waals surface area contributed by atoms with Crippen molar-refractivity contribution in [2.24, 2.45) is 7.05 Å². The molecule has 3 aromatic rings. The highest BCUT2D eigenvalue weighted by Gasteiger charge is 2.22. The zero-order valence-electron chi connectivity index (χ0n) is 15.1. The molecule has 136 valence electrons. The van der Waals surface area contributed by atoms with E-state index in [-0.39, 0.29) is 11.9 Å². The summed E-state index contributed by atoms with van der Waals surface area (Å²) in [5, 5.41) is 4.45. The van der Waals surface area contributed by atoms with Crippen LogP contribution in [-0.4, -0.2) is 51.0 Å². The van der Waals surface area contributed by atoms with E-state index >= 15 is 0 Å². The van der Waals surface area contributed by atoms with Crippen molar-refractivity contribution < 1.29 is 4.79 Å². The molecule has 2 aromatic heterocycles. The van der Waals surface area contributed by atoms with Gasteiger partial charge >= 0.3 is 0 Å². The van der Waals surface area contributed by atoms with Crippen molar-refractivity contribution in [1.29, 1.82) is 0 Å². The number of likely N-dealkylation sites (tertiary alicyclic amines) is 1. The van der Waals surface area contributed by atoms with E-state index < -0.39 is 0 Å². The normalized spacial score (nSPS) is 16.2. The van der Waals surface area contributed by atoms with Crippen LogP contribution in [0.5, 0.6) is 0 Å². The molecule has 1 aliphatic rings. The lowest BCUT2D eigenvalue weighted by atomic mass is 10.0. The first-order chi connectivity index (χ1) is 12.7. The molecule has 0 spiro atoms. The zero-order valence-corrected chi connectivity index (χ0v) is 15.1. The fourth-order valence-electron chi connectivity index (χ4n) is 3.75. The molecule has 4 rings (SSSR count). The van der Waals surface area contributed by atoms with Gasteiger partial charge in [-0.2, -0.15) is 0 Å². The van der Waals surface area contributed by atoms with Gasteiger partial charge in [-0.3, -0.25) is 4.79 Å². The topological polar surface area (TPSA) is 66.0 Å². The monoisotopic (exact) mass is 351 g/mol. The summed E-state index contributed by atoms with van der Waals surface area (Å²) in [5.74, 6) is 0.404. The molecule has 0 unspecified atom stereocenters. The number of piperidine rings is 1. The first-order valence-electron chi connectivity index (χ1n) is 9.26. The Balaban J connectivity index is 1.26. The minimum atomic E-state index is -0.0743. The van der Waals surface area contributed by atoms with E-state index in [0.29, 0.717) is 5.82 Å². The van der Waals surface area contributed by atoms with Crippen molar-refractivity contribution in [1.82, 2.24) is 24.8 Å². The summed E-state index contributed by atoms with van der Waals surface area (Å²) < 4.78 is 1.76. The molecule has 6 heteroatoms. The zero-order chi connectivity index (χ0) is 17.9. The Morgan fingerprint density at radius 1 is 1.31 bits per heavy atom. The Hall–Kier alpha value is -2.60. The molecule has 0 saturated carbocycles. The summed E-state index contributed by atoms with van der Waals surface area (Å²) in [4.78, 5) is 22.2. The van der Waals surface area contributed by atoms with E-state index in [0.717, 1.165) is 38.9 Å². The number of hydrogen-bond acceptors (Lipinski definition) is 3. The largest absolute Gasteiger partial charge is 0.361 e. The lowest BCUT2D eigenvalue weighted by Crippen LogP contribution is -2.45. The number of rotatable bonds is 5. The summed E-state index contributed by atoms with van der Waals surface area (Å²) in [6, 6.07) is 8.69. The number of hydrogen-bond donors (Lipinski definition) is 2. The summed E-state index contributed by atoms with van der Waals surface area (Å²) in [7, 11) is 1.84. The van der Waals surface area contributed by atoms with E-state index in [2.05, 4.69) is 50.6 Å². The van der Waals surface area contributed by atoms with Crippen LogP contribution in [0.15, 0.2) is 42.9 Å². The summed E-state index contributed by atoms with van der Waals surface area (Å²) in [6.45, 7) is 3.10. The molecular formula is C20H25N5O. The Morgan fingerprint density at radius 3 is 2.88 bits per heavy atom. The second-order valence-corrected chi connectivity index (χ2v) is 7.06. The summed E-state index contributed by atoms with van der Waals surface area (Å²) in [5.41, 5.74) is 2.59. The summed E-state index contributed by atoms with van der Waals surface area (Å²) in [6.07, 6.45) is 8.61. The van der Waals surface area contributed by atoms with Crippen molar-refractivity contribution in [3.63, 3.8) is 0 Å². The maximum absolute atomic E-state index is 12.3. The number of amides is 1. The van der Waals surface area contributed by atoms with Crippen LogP contribution in [0.2, 0.25) is 0 Å². The van der Waals surface area contributed by atoms with Crippen molar-refractivity contribution in [3.05, 3.63) is 54.2 Å². The van der Waals surface area contributed by atoms with Gasteiger partial charge in [-0.05, 0) is 30.9 Å². The van der Waals surface area contributed by atoms with Gasteiger partial charge in [0.15, 0.2) is 5.82 Å². The van der Waals surface area contributed by atoms with Gasteiger partial charge in [-0.15, -0.1) is 0 Å².